The predicted octanol–water partition coefficient (Wildman–Crippen LogP) is 2.20. The second-order valence-electron chi connectivity index (χ2n) is 4.30. The molecule has 1 aromatic heterocycles. The summed E-state index contributed by atoms with van der Waals surface area (Å²) in [6.45, 7) is 3.97. The Labute approximate surface area is 101 Å². The maximum atomic E-state index is 6.04. The molecule has 2 rings (SSSR count). The molecule has 1 aromatic rings. The second kappa shape index (κ2) is 5.62. The van der Waals surface area contributed by atoms with Gasteiger partial charge >= 0.3 is 0 Å². The summed E-state index contributed by atoms with van der Waals surface area (Å²) in [4.78, 5) is 6.50. The van der Waals surface area contributed by atoms with E-state index in [1.165, 1.54) is 6.42 Å². The molecule has 0 radical (unpaired) electrons. The monoisotopic (exact) mass is 240 g/mol. The van der Waals surface area contributed by atoms with Crippen molar-refractivity contribution in [1.29, 1.82) is 0 Å². The highest BCUT2D eigenvalue weighted by molar-refractivity contribution is 6.30. The fraction of sp³-hybridized carbons (Fsp3) is 0.583. The summed E-state index contributed by atoms with van der Waals surface area (Å²) in [5, 5.41) is 0.623. The standard InChI is InChI=1S/C12H17ClN2O/c1-16-9-10-4-6-15(7-10)8-11-3-2-5-14-12(11)13/h2-3,5,10H,4,6-9H2,1H3. The van der Waals surface area contributed by atoms with Crippen LogP contribution in [0.2, 0.25) is 5.15 Å². The quantitative estimate of drug-likeness (QED) is 0.755. The van der Waals surface area contributed by atoms with Crippen LogP contribution >= 0.6 is 11.6 Å². The molecule has 4 heteroatoms. The topological polar surface area (TPSA) is 25.4 Å². The Morgan fingerprint density at radius 2 is 2.50 bits per heavy atom. The van der Waals surface area contributed by atoms with E-state index < -0.39 is 0 Å². The zero-order valence-electron chi connectivity index (χ0n) is 9.53. The summed E-state index contributed by atoms with van der Waals surface area (Å²) in [5.41, 5.74) is 1.11. The molecule has 16 heavy (non-hydrogen) atoms. The van der Waals surface area contributed by atoms with E-state index in [0.717, 1.165) is 31.8 Å². The number of hydrogen-bond acceptors (Lipinski definition) is 3. The molecule has 1 aliphatic heterocycles. The van der Waals surface area contributed by atoms with Gasteiger partial charge in [-0.05, 0) is 24.9 Å². The van der Waals surface area contributed by atoms with Crippen molar-refractivity contribution >= 4 is 11.6 Å². The average molecular weight is 241 g/mol. The highest BCUT2D eigenvalue weighted by Crippen LogP contribution is 2.21. The van der Waals surface area contributed by atoms with Gasteiger partial charge in [-0.25, -0.2) is 4.98 Å². The summed E-state index contributed by atoms with van der Waals surface area (Å²) >= 11 is 6.04. The summed E-state index contributed by atoms with van der Waals surface area (Å²) in [6.07, 6.45) is 2.94. The summed E-state index contributed by atoms with van der Waals surface area (Å²) in [6, 6.07) is 3.98. The Kier molecular flexibility index (Phi) is 4.16. The minimum Gasteiger partial charge on any atom is -0.384 e. The van der Waals surface area contributed by atoms with Gasteiger partial charge in [0.1, 0.15) is 5.15 Å². The van der Waals surface area contributed by atoms with Crippen molar-refractivity contribution in [2.24, 2.45) is 5.92 Å². The highest BCUT2D eigenvalue weighted by atomic mass is 35.5. The first kappa shape index (κ1) is 11.8. The fourth-order valence-electron chi connectivity index (χ4n) is 2.21. The van der Waals surface area contributed by atoms with Crippen LogP contribution in [-0.2, 0) is 11.3 Å². The van der Waals surface area contributed by atoms with Gasteiger partial charge in [-0.3, -0.25) is 4.90 Å². The van der Waals surface area contributed by atoms with Gasteiger partial charge in [-0.1, -0.05) is 17.7 Å². The Balaban J connectivity index is 1.90. The largest absolute Gasteiger partial charge is 0.384 e. The zero-order valence-corrected chi connectivity index (χ0v) is 10.3. The van der Waals surface area contributed by atoms with E-state index in [9.17, 15) is 0 Å². The van der Waals surface area contributed by atoms with Crippen molar-refractivity contribution in [2.45, 2.75) is 13.0 Å². The van der Waals surface area contributed by atoms with Crippen LogP contribution in [0.1, 0.15) is 12.0 Å². The van der Waals surface area contributed by atoms with Gasteiger partial charge in [0.15, 0.2) is 0 Å². The van der Waals surface area contributed by atoms with Gasteiger partial charge in [0.2, 0.25) is 0 Å². The SMILES string of the molecule is COCC1CCN(Cc2cccnc2Cl)C1. The number of ether oxygens (including phenoxy) is 1. The lowest BCUT2D eigenvalue weighted by Gasteiger charge is -2.16. The van der Waals surface area contributed by atoms with Crippen LogP contribution in [-0.4, -0.2) is 36.7 Å². The number of aromatic nitrogens is 1. The first-order valence-electron chi connectivity index (χ1n) is 5.60. The van der Waals surface area contributed by atoms with Gasteiger partial charge in [0, 0.05) is 32.0 Å². The van der Waals surface area contributed by atoms with Gasteiger partial charge in [0.05, 0.1) is 6.61 Å². The molecular formula is C12H17ClN2O. The van der Waals surface area contributed by atoms with Crippen molar-refractivity contribution in [2.75, 3.05) is 26.8 Å². The molecule has 0 spiro atoms. The van der Waals surface area contributed by atoms with E-state index in [2.05, 4.69) is 9.88 Å². The van der Waals surface area contributed by atoms with Gasteiger partial charge in [-0.2, -0.15) is 0 Å². The Hall–Kier alpha value is -0.640. The molecular weight excluding hydrogens is 224 g/mol. The molecule has 1 aliphatic rings. The smallest absolute Gasteiger partial charge is 0.133 e. The van der Waals surface area contributed by atoms with Crippen LogP contribution in [0.25, 0.3) is 0 Å². The molecule has 0 aromatic carbocycles. The third-order valence-electron chi connectivity index (χ3n) is 3.00. The normalized spacial score (nSPS) is 21.5. The highest BCUT2D eigenvalue weighted by Gasteiger charge is 2.22. The van der Waals surface area contributed by atoms with Crippen LogP contribution in [0.3, 0.4) is 0 Å². The molecule has 1 unspecified atom stereocenters. The van der Waals surface area contributed by atoms with Crippen molar-refractivity contribution in [3.05, 3.63) is 29.0 Å². The van der Waals surface area contributed by atoms with Crippen molar-refractivity contribution in [3.63, 3.8) is 0 Å². The van der Waals surface area contributed by atoms with E-state index in [4.69, 9.17) is 16.3 Å². The van der Waals surface area contributed by atoms with E-state index in [-0.39, 0.29) is 0 Å². The molecule has 1 fully saturated rings. The van der Waals surface area contributed by atoms with Gasteiger partial charge < -0.3 is 4.74 Å². The fourth-order valence-corrected chi connectivity index (χ4v) is 2.39. The van der Waals surface area contributed by atoms with Crippen molar-refractivity contribution < 1.29 is 4.74 Å². The molecule has 1 atom stereocenters. The first-order valence-corrected chi connectivity index (χ1v) is 5.98. The van der Waals surface area contributed by atoms with E-state index in [0.29, 0.717) is 11.1 Å². The molecule has 0 N–H and O–H groups in total. The number of rotatable bonds is 4. The van der Waals surface area contributed by atoms with Crippen molar-refractivity contribution in [1.82, 2.24) is 9.88 Å². The number of hydrogen-bond donors (Lipinski definition) is 0. The van der Waals surface area contributed by atoms with Gasteiger partial charge in [0.25, 0.3) is 0 Å². The van der Waals surface area contributed by atoms with Crippen LogP contribution in [0.5, 0.6) is 0 Å². The predicted molar refractivity (Wildman–Crippen MR) is 64.5 cm³/mol. The molecule has 0 aliphatic carbocycles. The second-order valence-corrected chi connectivity index (χ2v) is 4.66. The lowest BCUT2D eigenvalue weighted by atomic mass is 10.1. The van der Waals surface area contributed by atoms with Crippen LogP contribution in [0.4, 0.5) is 0 Å². The Bertz CT molecular complexity index is 346. The Morgan fingerprint density at radius 1 is 1.62 bits per heavy atom. The maximum absolute atomic E-state index is 6.04. The summed E-state index contributed by atoms with van der Waals surface area (Å²) in [5.74, 6) is 0.667. The number of pyridine rings is 1. The number of halogens is 1. The summed E-state index contributed by atoms with van der Waals surface area (Å²) < 4.78 is 5.18. The number of methoxy groups -OCH3 is 1. The van der Waals surface area contributed by atoms with E-state index in [1.807, 2.05) is 12.1 Å². The number of likely N-dealkylation sites (tertiary alicyclic amines) is 1. The molecule has 0 bridgehead atoms. The third kappa shape index (κ3) is 2.94. The molecule has 0 amide bonds. The third-order valence-corrected chi connectivity index (χ3v) is 3.34. The minimum atomic E-state index is 0.623. The molecule has 2 heterocycles. The molecule has 1 saturated heterocycles. The molecule has 88 valence electrons. The maximum Gasteiger partial charge on any atom is 0.133 e. The van der Waals surface area contributed by atoms with E-state index >= 15 is 0 Å². The molecule has 0 saturated carbocycles. The van der Waals surface area contributed by atoms with Crippen LogP contribution in [0, 0.1) is 5.92 Å². The van der Waals surface area contributed by atoms with E-state index in [1.54, 1.807) is 13.3 Å². The summed E-state index contributed by atoms with van der Waals surface area (Å²) in [7, 11) is 1.76. The van der Waals surface area contributed by atoms with Gasteiger partial charge in [-0.15, -0.1) is 0 Å². The number of nitrogens with zero attached hydrogens (tertiary/aromatic N) is 2. The Morgan fingerprint density at radius 3 is 3.25 bits per heavy atom. The van der Waals surface area contributed by atoms with Crippen LogP contribution < -0.4 is 0 Å². The zero-order chi connectivity index (χ0) is 11.4. The van der Waals surface area contributed by atoms with Crippen LogP contribution in [0.15, 0.2) is 18.3 Å². The lowest BCUT2D eigenvalue weighted by molar-refractivity contribution is 0.152. The van der Waals surface area contributed by atoms with Crippen molar-refractivity contribution in [3.8, 4) is 0 Å². The molecule has 3 nitrogen and oxygen atoms in total. The average Bonchev–Trinajstić information content (AvgIpc) is 2.70. The lowest BCUT2D eigenvalue weighted by Crippen LogP contribution is -2.21. The first-order chi connectivity index (χ1) is 7.79. The minimum absolute atomic E-state index is 0.623.